The van der Waals surface area contributed by atoms with Crippen LogP contribution in [0.2, 0.25) is 0 Å². The molecule has 0 saturated carbocycles. The minimum absolute atomic E-state index is 0.212. The van der Waals surface area contributed by atoms with Crippen molar-refractivity contribution in [2.24, 2.45) is 0 Å². The maximum atomic E-state index is 11.4. The predicted molar refractivity (Wildman–Crippen MR) is 72.0 cm³/mol. The van der Waals surface area contributed by atoms with E-state index in [1.807, 2.05) is 6.92 Å². The highest BCUT2D eigenvalue weighted by Gasteiger charge is 2.25. The van der Waals surface area contributed by atoms with Gasteiger partial charge in [-0.15, -0.1) is 0 Å². The Balaban J connectivity index is 4.48. The molecule has 2 unspecified atom stereocenters. The minimum atomic E-state index is -4.09. The number of nitrogens with one attached hydrogen (secondary N) is 1. The zero-order chi connectivity index (χ0) is 15.1. The van der Waals surface area contributed by atoms with E-state index in [4.69, 9.17) is 9.76 Å². The van der Waals surface area contributed by atoms with E-state index in [2.05, 4.69) is 0 Å². The fraction of sp³-hybridized carbons (Fsp3) is 1.00. The van der Waals surface area contributed by atoms with Crippen molar-refractivity contribution in [3.63, 3.8) is 0 Å². The lowest BCUT2D eigenvalue weighted by atomic mass is 10.1. The van der Waals surface area contributed by atoms with E-state index in [-0.39, 0.29) is 12.8 Å². The zero-order valence-electron chi connectivity index (χ0n) is 11.2. The van der Waals surface area contributed by atoms with Gasteiger partial charge in [-0.3, -0.25) is 4.55 Å². The Morgan fingerprint density at radius 2 is 1.53 bits per heavy atom. The lowest BCUT2D eigenvalue weighted by molar-refractivity contribution is 0.240. The van der Waals surface area contributed by atoms with Crippen LogP contribution in [0.4, 0.5) is 0 Å². The molecular weight excluding hydrogens is 294 g/mol. The molecule has 0 bridgehead atoms. The van der Waals surface area contributed by atoms with E-state index in [9.17, 15) is 16.8 Å². The van der Waals surface area contributed by atoms with Crippen molar-refractivity contribution >= 4 is 20.1 Å². The summed E-state index contributed by atoms with van der Waals surface area (Å²) in [5.41, 5.74) is 0. The van der Waals surface area contributed by atoms with E-state index in [0.717, 1.165) is 0 Å². The SMILES string of the molecule is CCCC(CCCC(CC)S(=O)(=O)NO)S(=O)(=O)O. The van der Waals surface area contributed by atoms with Gasteiger partial charge in [0.1, 0.15) is 0 Å². The molecule has 0 spiro atoms. The van der Waals surface area contributed by atoms with Gasteiger partial charge >= 0.3 is 0 Å². The van der Waals surface area contributed by atoms with Gasteiger partial charge in [-0.25, -0.2) is 8.42 Å². The first kappa shape index (κ1) is 18.8. The largest absolute Gasteiger partial charge is 0.302 e. The third-order valence-electron chi connectivity index (χ3n) is 3.11. The van der Waals surface area contributed by atoms with E-state index in [1.54, 1.807) is 6.92 Å². The molecule has 3 N–H and O–H groups in total. The molecule has 0 radical (unpaired) electrons. The Labute approximate surface area is 115 Å². The van der Waals surface area contributed by atoms with Crippen molar-refractivity contribution < 1.29 is 26.6 Å². The van der Waals surface area contributed by atoms with Crippen molar-refractivity contribution in [1.82, 2.24) is 4.89 Å². The van der Waals surface area contributed by atoms with Gasteiger partial charge in [0.15, 0.2) is 0 Å². The Kier molecular flexibility index (Phi) is 8.06. The second kappa shape index (κ2) is 8.15. The molecule has 0 aliphatic rings. The van der Waals surface area contributed by atoms with Crippen LogP contribution in [0.3, 0.4) is 0 Å². The fourth-order valence-electron chi connectivity index (χ4n) is 1.99. The van der Waals surface area contributed by atoms with Crippen LogP contribution in [0, 0.1) is 0 Å². The summed E-state index contributed by atoms with van der Waals surface area (Å²) in [7, 11) is -7.85. The molecule has 9 heteroatoms. The molecule has 19 heavy (non-hydrogen) atoms. The Bertz CT molecular complexity index is 443. The predicted octanol–water partition coefficient (Wildman–Crippen LogP) is 1.30. The smallest absolute Gasteiger partial charge is 0.267 e. The van der Waals surface area contributed by atoms with Crippen molar-refractivity contribution in [3.05, 3.63) is 0 Å². The molecule has 0 rings (SSSR count). The van der Waals surface area contributed by atoms with E-state index >= 15 is 0 Å². The van der Waals surface area contributed by atoms with Gasteiger partial charge in [0.25, 0.3) is 10.1 Å². The molecule has 0 aliphatic carbocycles. The maximum Gasteiger partial charge on any atom is 0.267 e. The summed E-state index contributed by atoms with van der Waals surface area (Å²) in [5.74, 6) is 0. The highest BCUT2D eigenvalue weighted by Crippen LogP contribution is 2.18. The number of hydrogen-bond acceptors (Lipinski definition) is 5. The van der Waals surface area contributed by atoms with Crippen LogP contribution >= 0.6 is 0 Å². The van der Waals surface area contributed by atoms with Gasteiger partial charge in [-0.05, 0) is 25.7 Å². The Hall–Kier alpha value is -0.220. The summed E-state index contributed by atoms with van der Waals surface area (Å²) in [6.07, 6.45) is 2.09. The molecule has 0 aromatic heterocycles. The van der Waals surface area contributed by atoms with Gasteiger partial charge in [-0.2, -0.15) is 8.42 Å². The Morgan fingerprint density at radius 1 is 1.00 bits per heavy atom. The molecule has 0 fully saturated rings. The molecular formula is C10H23NO6S2. The van der Waals surface area contributed by atoms with E-state index in [1.165, 1.54) is 4.89 Å². The third-order valence-corrected chi connectivity index (χ3v) is 6.12. The molecule has 7 nitrogen and oxygen atoms in total. The van der Waals surface area contributed by atoms with Gasteiger partial charge in [-0.1, -0.05) is 31.6 Å². The molecule has 116 valence electrons. The topological polar surface area (TPSA) is 121 Å². The third kappa shape index (κ3) is 6.66. The average molecular weight is 317 g/mol. The summed E-state index contributed by atoms with van der Waals surface area (Å²) in [6.45, 7) is 3.49. The quantitative estimate of drug-likeness (QED) is 0.412. The van der Waals surface area contributed by atoms with Crippen LogP contribution in [0.25, 0.3) is 0 Å². The Morgan fingerprint density at radius 3 is 1.89 bits per heavy atom. The van der Waals surface area contributed by atoms with Crippen LogP contribution in [-0.4, -0.2) is 37.1 Å². The summed E-state index contributed by atoms with van der Waals surface area (Å²) in [5, 5.41) is 6.93. The van der Waals surface area contributed by atoms with Gasteiger partial charge < -0.3 is 5.21 Å². The second-order valence-electron chi connectivity index (χ2n) is 4.52. The minimum Gasteiger partial charge on any atom is -0.302 e. The summed E-state index contributed by atoms with van der Waals surface area (Å²) in [4.78, 5) is 1.29. The normalized spacial score (nSPS) is 16.2. The highest BCUT2D eigenvalue weighted by atomic mass is 32.2. The first-order chi connectivity index (χ1) is 8.69. The molecule has 0 saturated heterocycles. The fourth-order valence-corrected chi connectivity index (χ4v) is 4.05. The van der Waals surface area contributed by atoms with Crippen LogP contribution < -0.4 is 4.89 Å². The van der Waals surface area contributed by atoms with Gasteiger partial charge in [0.2, 0.25) is 10.0 Å². The van der Waals surface area contributed by atoms with Gasteiger partial charge in [0.05, 0.1) is 10.5 Å². The lowest BCUT2D eigenvalue weighted by Gasteiger charge is -2.16. The average Bonchev–Trinajstić information content (AvgIpc) is 2.31. The summed E-state index contributed by atoms with van der Waals surface area (Å²) < 4.78 is 54.0. The monoisotopic (exact) mass is 317 g/mol. The number of rotatable bonds is 10. The van der Waals surface area contributed by atoms with Crippen molar-refractivity contribution in [2.75, 3.05) is 0 Å². The molecule has 0 aromatic rings. The summed E-state index contributed by atoms with van der Waals surface area (Å²) >= 11 is 0. The highest BCUT2D eigenvalue weighted by molar-refractivity contribution is 7.89. The molecule has 0 aliphatic heterocycles. The first-order valence-corrected chi connectivity index (χ1v) is 9.35. The number of hydrogen-bond donors (Lipinski definition) is 3. The van der Waals surface area contributed by atoms with Gasteiger partial charge in [0, 0.05) is 0 Å². The summed E-state index contributed by atoms with van der Waals surface area (Å²) in [6, 6.07) is 0. The molecule has 0 aromatic carbocycles. The van der Waals surface area contributed by atoms with Crippen molar-refractivity contribution in [1.29, 1.82) is 0 Å². The first-order valence-electron chi connectivity index (χ1n) is 6.30. The molecule has 2 atom stereocenters. The zero-order valence-corrected chi connectivity index (χ0v) is 12.9. The molecule has 0 amide bonds. The van der Waals surface area contributed by atoms with Crippen molar-refractivity contribution in [2.45, 2.75) is 62.9 Å². The second-order valence-corrected chi connectivity index (χ2v) is 8.16. The maximum absolute atomic E-state index is 11.4. The van der Waals surface area contributed by atoms with Crippen LogP contribution in [0.5, 0.6) is 0 Å². The number of sulfonamides is 1. The van der Waals surface area contributed by atoms with E-state index in [0.29, 0.717) is 25.7 Å². The molecule has 0 heterocycles. The standard InChI is InChI=1S/C10H23NO6S2/c1-3-6-10(19(15,16)17)8-5-7-9(4-2)18(13,14)11-12/h9-12H,3-8H2,1-2H3,(H,15,16,17). The van der Waals surface area contributed by atoms with Crippen LogP contribution in [-0.2, 0) is 20.1 Å². The van der Waals surface area contributed by atoms with E-state index < -0.39 is 30.6 Å². The van der Waals surface area contributed by atoms with Crippen LogP contribution in [0.1, 0.15) is 52.4 Å². The lowest BCUT2D eigenvalue weighted by Crippen LogP contribution is -2.32. The van der Waals surface area contributed by atoms with Crippen molar-refractivity contribution in [3.8, 4) is 0 Å². The van der Waals surface area contributed by atoms with Crippen LogP contribution in [0.15, 0.2) is 0 Å².